The SMILES string of the molecule is Cc1cccc(NC(=O)COc2c(Br)cc(/C=C3\SC(=O)N(CCOc4cc(C)ccc4C(C)C)C3=O)cc2Br)c1. The summed E-state index contributed by atoms with van der Waals surface area (Å²) in [6.07, 6.45) is 1.66. The lowest BCUT2D eigenvalue weighted by atomic mass is 10.0. The Labute approximate surface area is 260 Å². The molecule has 0 saturated carbocycles. The summed E-state index contributed by atoms with van der Waals surface area (Å²) >= 11 is 7.87. The third-order valence-corrected chi connectivity index (χ3v) is 8.29. The maximum atomic E-state index is 13.0. The largest absolute Gasteiger partial charge is 0.491 e. The van der Waals surface area contributed by atoms with Gasteiger partial charge in [-0.15, -0.1) is 0 Å². The molecule has 3 amide bonds. The monoisotopic (exact) mass is 700 g/mol. The first-order chi connectivity index (χ1) is 19.5. The van der Waals surface area contributed by atoms with Crippen molar-refractivity contribution in [2.75, 3.05) is 25.1 Å². The molecule has 1 aliphatic heterocycles. The second kappa shape index (κ2) is 13.7. The summed E-state index contributed by atoms with van der Waals surface area (Å²) < 4.78 is 12.9. The number of rotatable bonds is 10. The number of benzene rings is 3. The fraction of sp³-hybridized carbons (Fsp3) is 0.258. The van der Waals surface area contributed by atoms with Gasteiger partial charge in [0, 0.05) is 5.69 Å². The minimum atomic E-state index is -0.364. The fourth-order valence-electron chi connectivity index (χ4n) is 4.19. The van der Waals surface area contributed by atoms with Crippen molar-refractivity contribution in [2.45, 2.75) is 33.6 Å². The highest BCUT2D eigenvalue weighted by Gasteiger charge is 2.35. The third kappa shape index (κ3) is 8.02. The lowest BCUT2D eigenvalue weighted by molar-refractivity contribution is -0.123. The van der Waals surface area contributed by atoms with E-state index in [-0.39, 0.29) is 42.7 Å². The number of carbonyl (C=O) groups is 3. The zero-order valence-corrected chi connectivity index (χ0v) is 27.1. The van der Waals surface area contributed by atoms with Gasteiger partial charge in [-0.3, -0.25) is 19.3 Å². The Kier molecular flexibility index (Phi) is 10.3. The molecule has 4 rings (SSSR count). The number of carbonyl (C=O) groups excluding carboxylic acids is 3. The number of hydrogen-bond donors (Lipinski definition) is 1. The van der Waals surface area contributed by atoms with Crippen LogP contribution < -0.4 is 14.8 Å². The van der Waals surface area contributed by atoms with E-state index >= 15 is 0 Å². The molecule has 0 spiro atoms. The molecule has 1 saturated heterocycles. The molecular weight excluding hydrogens is 672 g/mol. The number of nitrogens with one attached hydrogen (secondary N) is 1. The van der Waals surface area contributed by atoms with E-state index in [4.69, 9.17) is 9.47 Å². The number of amides is 3. The molecule has 7 nitrogen and oxygen atoms in total. The second-order valence-electron chi connectivity index (χ2n) is 9.90. The van der Waals surface area contributed by atoms with Gasteiger partial charge in [-0.05, 0) is 122 Å². The van der Waals surface area contributed by atoms with Crippen molar-refractivity contribution in [2.24, 2.45) is 0 Å². The van der Waals surface area contributed by atoms with Crippen LogP contribution in [0.25, 0.3) is 6.08 Å². The van der Waals surface area contributed by atoms with Crippen molar-refractivity contribution in [1.29, 1.82) is 0 Å². The number of anilines is 1. The van der Waals surface area contributed by atoms with Gasteiger partial charge in [-0.25, -0.2) is 0 Å². The van der Waals surface area contributed by atoms with Gasteiger partial charge in [-0.1, -0.05) is 38.1 Å². The van der Waals surface area contributed by atoms with Crippen molar-refractivity contribution in [3.05, 3.63) is 90.7 Å². The van der Waals surface area contributed by atoms with Crippen LogP contribution in [-0.2, 0) is 9.59 Å². The summed E-state index contributed by atoms with van der Waals surface area (Å²) in [5.41, 5.74) is 4.59. The van der Waals surface area contributed by atoms with Crippen LogP contribution >= 0.6 is 43.6 Å². The maximum absolute atomic E-state index is 13.0. The molecule has 10 heteroatoms. The Morgan fingerprint density at radius 2 is 1.71 bits per heavy atom. The van der Waals surface area contributed by atoms with Crippen LogP contribution in [0.5, 0.6) is 11.5 Å². The van der Waals surface area contributed by atoms with Crippen LogP contribution in [0.2, 0.25) is 0 Å². The maximum Gasteiger partial charge on any atom is 0.293 e. The van der Waals surface area contributed by atoms with Crippen LogP contribution in [-0.4, -0.2) is 41.7 Å². The standard InChI is InChI=1S/C31H30Br2N2O5S/c1-18(2)23-9-8-20(4)13-26(23)39-11-10-35-30(37)27(41-31(35)38)16-21-14-24(32)29(25(33)15-21)40-17-28(36)34-22-7-5-6-19(3)12-22/h5-9,12-16,18H,10-11,17H2,1-4H3,(H,34,36)/b27-16-. The van der Waals surface area contributed by atoms with Gasteiger partial charge in [0.15, 0.2) is 6.61 Å². The molecule has 1 fully saturated rings. The molecule has 3 aromatic rings. The van der Waals surface area contributed by atoms with Gasteiger partial charge >= 0.3 is 0 Å². The van der Waals surface area contributed by atoms with E-state index in [1.54, 1.807) is 18.2 Å². The lowest BCUT2D eigenvalue weighted by Gasteiger charge is -2.17. The van der Waals surface area contributed by atoms with Crippen LogP contribution in [0.15, 0.2) is 68.4 Å². The summed E-state index contributed by atoms with van der Waals surface area (Å²) in [5.74, 6) is 0.851. The summed E-state index contributed by atoms with van der Waals surface area (Å²) in [6, 6.07) is 17.1. The van der Waals surface area contributed by atoms with Crippen molar-refractivity contribution >= 4 is 72.4 Å². The minimum absolute atomic E-state index is 0.151. The lowest BCUT2D eigenvalue weighted by Crippen LogP contribution is -2.32. The number of thioether (sulfide) groups is 1. The van der Waals surface area contributed by atoms with E-state index in [1.807, 2.05) is 56.3 Å². The first-order valence-electron chi connectivity index (χ1n) is 13.0. The van der Waals surface area contributed by atoms with Crippen LogP contribution in [0.3, 0.4) is 0 Å². The highest BCUT2D eigenvalue weighted by molar-refractivity contribution is 9.11. The number of ether oxygens (including phenoxy) is 2. The predicted molar refractivity (Wildman–Crippen MR) is 171 cm³/mol. The van der Waals surface area contributed by atoms with Crippen LogP contribution in [0, 0.1) is 13.8 Å². The Morgan fingerprint density at radius 3 is 2.39 bits per heavy atom. The number of nitrogens with zero attached hydrogens (tertiary/aromatic N) is 1. The van der Waals surface area contributed by atoms with Gasteiger partial charge < -0.3 is 14.8 Å². The van der Waals surface area contributed by atoms with E-state index in [0.717, 1.165) is 34.2 Å². The summed E-state index contributed by atoms with van der Waals surface area (Å²) in [5, 5.41) is 2.47. The Bertz CT molecular complexity index is 1500. The molecule has 0 unspecified atom stereocenters. The molecule has 0 radical (unpaired) electrons. The topological polar surface area (TPSA) is 84.9 Å². The average Bonchev–Trinajstić information content (AvgIpc) is 3.15. The zero-order valence-electron chi connectivity index (χ0n) is 23.1. The first kappa shape index (κ1) is 30.9. The minimum Gasteiger partial charge on any atom is -0.491 e. The molecule has 214 valence electrons. The first-order valence-corrected chi connectivity index (χ1v) is 15.4. The smallest absolute Gasteiger partial charge is 0.293 e. The zero-order chi connectivity index (χ0) is 29.7. The molecular formula is C31H30Br2N2O5S. The molecule has 0 aromatic heterocycles. The number of aryl methyl sites for hydroxylation is 2. The quantitative estimate of drug-likeness (QED) is 0.215. The Morgan fingerprint density at radius 1 is 1.00 bits per heavy atom. The number of hydrogen-bond acceptors (Lipinski definition) is 6. The van der Waals surface area contributed by atoms with Gasteiger partial charge in [-0.2, -0.15) is 0 Å². The number of halogens is 2. The molecule has 1 aliphatic rings. The van der Waals surface area contributed by atoms with Crippen molar-refractivity contribution < 1.29 is 23.9 Å². The van der Waals surface area contributed by atoms with Crippen LogP contribution in [0.1, 0.15) is 42.0 Å². The van der Waals surface area contributed by atoms with E-state index in [1.165, 1.54) is 4.90 Å². The van der Waals surface area contributed by atoms with Crippen LogP contribution in [0.4, 0.5) is 10.5 Å². The highest BCUT2D eigenvalue weighted by atomic mass is 79.9. The van der Waals surface area contributed by atoms with Crippen molar-refractivity contribution in [1.82, 2.24) is 4.90 Å². The van der Waals surface area contributed by atoms with E-state index in [2.05, 4.69) is 51.0 Å². The fourth-order valence-corrected chi connectivity index (χ4v) is 6.51. The van der Waals surface area contributed by atoms with E-state index in [9.17, 15) is 14.4 Å². The molecule has 0 atom stereocenters. The summed E-state index contributed by atoms with van der Waals surface area (Å²) in [7, 11) is 0. The Balaban J connectivity index is 1.37. The van der Waals surface area contributed by atoms with Gasteiger partial charge in [0.05, 0.1) is 20.4 Å². The predicted octanol–water partition coefficient (Wildman–Crippen LogP) is 8.08. The molecule has 3 aromatic carbocycles. The third-order valence-electron chi connectivity index (χ3n) is 6.20. The second-order valence-corrected chi connectivity index (χ2v) is 12.6. The molecule has 0 bridgehead atoms. The van der Waals surface area contributed by atoms with Gasteiger partial charge in [0.25, 0.3) is 17.1 Å². The van der Waals surface area contributed by atoms with Gasteiger partial charge in [0.1, 0.15) is 18.1 Å². The van der Waals surface area contributed by atoms with Crippen molar-refractivity contribution in [3.8, 4) is 11.5 Å². The summed E-state index contributed by atoms with van der Waals surface area (Å²) in [4.78, 5) is 39.6. The molecule has 0 aliphatic carbocycles. The highest BCUT2D eigenvalue weighted by Crippen LogP contribution is 2.38. The molecule has 1 N–H and O–H groups in total. The Hall–Kier alpha value is -3.08. The van der Waals surface area contributed by atoms with Crippen molar-refractivity contribution in [3.63, 3.8) is 0 Å². The molecule has 41 heavy (non-hydrogen) atoms. The number of imide groups is 1. The van der Waals surface area contributed by atoms with E-state index < -0.39 is 0 Å². The normalized spacial score (nSPS) is 14.2. The van der Waals surface area contributed by atoms with E-state index in [0.29, 0.717) is 30.9 Å². The summed E-state index contributed by atoms with van der Waals surface area (Å²) in [6.45, 7) is 8.30. The average molecular weight is 702 g/mol. The molecule has 1 heterocycles. The van der Waals surface area contributed by atoms with Gasteiger partial charge in [0.2, 0.25) is 0 Å².